The summed E-state index contributed by atoms with van der Waals surface area (Å²) in [6, 6.07) is 20.1. The Morgan fingerprint density at radius 1 is 1.07 bits per heavy atom. The van der Waals surface area contributed by atoms with Gasteiger partial charge in [0.1, 0.15) is 5.76 Å². The summed E-state index contributed by atoms with van der Waals surface area (Å²) in [7, 11) is 0. The van der Waals surface area contributed by atoms with Crippen LogP contribution in [-0.2, 0) is 11.2 Å². The molecule has 1 fully saturated rings. The minimum Gasteiger partial charge on any atom is -0.441 e. The van der Waals surface area contributed by atoms with E-state index < -0.39 is 0 Å². The lowest BCUT2D eigenvalue weighted by molar-refractivity contribution is -0.129. The smallest absolute Gasteiger partial charge is 0.228 e. The van der Waals surface area contributed by atoms with Crippen LogP contribution in [0.5, 0.6) is 0 Å². The Bertz CT molecular complexity index is 948. The number of rotatable bonds is 5. The number of nitrogens with two attached hydrogens (primary N) is 1. The van der Waals surface area contributed by atoms with Crippen molar-refractivity contribution in [3.05, 3.63) is 77.7 Å². The van der Waals surface area contributed by atoms with Gasteiger partial charge in [0, 0.05) is 24.6 Å². The van der Waals surface area contributed by atoms with Crippen LogP contribution in [0.1, 0.15) is 22.9 Å². The molecular formula is C23H27Cl2N3O2. The molecule has 1 aliphatic rings. The predicted molar refractivity (Wildman–Crippen MR) is 123 cm³/mol. The Morgan fingerprint density at radius 2 is 1.70 bits per heavy atom. The lowest BCUT2D eigenvalue weighted by atomic mass is 9.89. The summed E-state index contributed by atoms with van der Waals surface area (Å²) in [6.45, 7) is 3.83. The number of benzene rings is 2. The number of carbonyl (C=O) groups is 1. The SMILES string of the molecule is Cc1oc(-c2ccccc2)nc1CC(=O)N1C[C@@H](CN)[C@H](c2ccccc2)C1.Cl.Cl. The maximum absolute atomic E-state index is 13.0. The predicted octanol–water partition coefficient (Wildman–Crippen LogP) is 4.24. The third kappa shape index (κ3) is 5.04. The summed E-state index contributed by atoms with van der Waals surface area (Å²) in [5.74, 6) is 1.90. The second-order valence-corrected chi connectivity index (χ2v) is 7.38. The van der Waals surface area contributed by atoms with Crippen molar-refractivity contribution in [3.63, 3.8) is 0 Å². The first-order chi connectivity index (χ1) is 13.7. The maximum atomic E-state index is 13.0. The quantitative estimate of drug-likeness (QED) is 0.634. The average Bonchev–Trinajstić information content (AvgIpc) is 3.33. The van der Waals surface area contributed by atoms with Gasteiger partial charge in [-0.3, -0.25) is 4.79 Å². The molecule has 4 rings (SSSR count). The van der Waals surface area contributed by atoms with Gasteiger partial charge >= 0.3 is 0 Å². The Morgan fingerprint density at radius 3 is 2.33 bits per heavy atom. The first-order valence-electron chi connectivity index (χ1n) is 9.70. The highest BCUT2D eigenvalue weighted by Gasteiger charge is 2.35. The van der Waals surface area contributed by atoms with Crippen LogP contribution in [-0.4, -0.2) is 35.4 Å². The van der Waals surface area contributed by atoms with Gasteiger partial charge in [0.2, 0.25) is 11.8 Å². The lowest BCUT2D eigenvalue weighted by Gasteiger charge is -2.16. The summed E-state index contributed by atoms with van der Waals surface area (Å²) in [6.07, 6.45) is 0.251. The van der Waals surface area contributed by atoms with Gasteiger partial charge in [-0.05, 0) is 37.1 Å². The third-order valence-electron chi connectivity index (χ3n) is 5.56. The standard InChI is InChI=1S/C23H25N3O2.2ClH/c1-16-21(25-23(28-16)18-10-6-3-7-11-18)12-22(27)26-14-19(13-24)20(15-26)17-8-4-2-5-9-17;;/h2-11,19-20H,12-15,24H2,1H3;2*1H/t19-,20+;;/m1../s1. The van der Waals surface area contributed by atoms with E-state index in [9.17, 15) is 4.79 Å². The zero-order valence-electron chi connectivity index (χ0n) is 16.9. The van der Waals surface area contributed by atoms with E-state index >= 15 is 0 Å². The molecule has 2 atom stereocenters. The molecule has 30 heavy (non-hydrogen) atoms. The second-order valence-electron chi connectivity index (χ2n) is 7.38. The largest absolute Gasteiger partial charge is 0.441 e. The number of likely N-dealkylation sites (tertiary alicyclic amines) is 1. The number of hydrogen-bond acceptors (Lipinski definition) is 4. The first kappa shape index (κ1) is 23.9. The Kier molecular flexibility index (Phi) is 8.47. The molecule has 2 N–H and O–H groups in total. The molecule has 160 valence electrons. The van der Waals surface area contributed by atoms with E-state index in [0.29, 0.717) is 37.0 Å². The number of aryl methyl sites for hydroxylation is 1. The average molecular weight is 448 g/mol. The van der Waals surface area contributed by atoms with Crippen LogP contribution in [0, 0.1) is 12.8 Å². The highest BCUT2D eigenvalue weighted by atomic mass is 35.5. The van der Waals surface area contributed by atoms with Crippen molar-refractivity contribution in [3.8, 4) is 11.5 Å². The molecule has 2 aromatic carbocycles. The zero-order chi connectivity index (χ0) is 19.5. The molecule has 1 aliphatic heterocycles. The van der Waals surface area contributed by atoms with Gasteiger partial charge in [0.25, 0.3) is 0 Å². The number of hydrogen-bond donors (Lipinski definition) is 1. The molecule has 0 aliphatic carbocycles. The summed E-state index contributed by atoms with van der Waals surface area (Å²) in [4.78, 5) is 19.4. The fourth-order valence-corrected chi connectivity index (χ4v) is 3.94. The van der Waals surface area contributed by atoms with Crippen molar-refractivity contribution < 1.29 is 9.21 Å². The first-order valence-corrected chi connectivity index (χ1v) is 9.70. The number of halogens is 2. The number of aromatic nitrogens is 1. The van der Waals surface area contributed by atoms with E-state index in [1.54, 1.807) is 0 Å². The van der Waals surface area contributed by atoms with Crippen molar-refractivity contribution in [1.82, 2.24) is 9.88 Å². The van der Waals surface area contributed by atoms with Crippen LogP contribution in [0.2, 0.25) is 0 Å². The van der Waals surface area contributed by atoms with Crippen LogP contribution in [0.15, 0.2) is 65.1 Å². The van der Waals surface area contributed by atoms with Crippen molar-refractivity contribution >= 4 is 30.7 Å². The van der Waals surface area contributed by atoms with E-state index in [-0.39, 0.29) is 49.0 Å². The normalized spacial score (nSPS) is 17.9. The monoisotopic (exact) mass is 447 g/mol. The van der Waals surface area contributed by atoms with Crippen LogP contribution in [0.25, 0.3) is 11.5 Å². The fourth-order valence-electron chi connectivity index (χ4n) is 3.94. The van der Waals surface area contributed by atoms with Gasteiger partial charge in [-0.2, -0.15) is 0 Å². The molecule has 3 aromatic rings. The molecular weight excluding hydrogens is 421 g/mol. The molecule has 5 nitrogen and oxygen atoms in total. The summed E-state index contributed by atoms with van der Waals surface area (Å²) < 4.78 is 5.80. The highest BCUT2D eigenvalue weighted by molar-refractivity contribution is 5.85. The van der Waals surface area contributed by atoms with Crippen molar-refractivity contribution in [2.75, 3.05) is 19.6 Å². The Balaban J connectivity index is 0.00000160. The Hall–Kier alpha value is -2.34. The maximum Gasteiger partial charge on any atom is 0.228 e. The minimum absolute atomic E-state index is 0. The van der Waals surface area contributed by atoms with Gasteiger partial charge in [-0.15, -0.1) is 24.8 Å². The van der Waals surface area contributed by atoms with Crippen molar-refractivity contribution in [2.45, 2.75) is 19.3 Å². The number of amides is 1. The topological polar surface area (TPSA) is 72.4 Å². The van der Waals surface area contributed by atoms with Crippen LogP contribution < -0.4 is 5.73 Å². The van der Waals surface area contributed by atoms with Crippen LogP contribution in [0.3, 0.4) is 0 Å². The molecule has 1 amide bonds. The summed E-state index contributed by atoms with van der Waals surface area (Å²) in [5.41, 5.74) is 8.87. The number of carbonyl (C=O) groups excluding carboxylic acids is 1. The summed E-state index contributed by atoms with van der Waals surface area (Å²) >= 11 is 0. The molecule has 0 radical (unpaired) electrons. The molecule has 1 saturated heterocycles. The van der Waals surface area contributed by atoms with Crippen molar-refractivity contribution in [1.29, 1.82) is 0 Å². The Labute approximate surface area is 189 Å². The van der Waals surface area contributed by atoms with Crippen molar-refractivity contribution in [2.24, 2.45) is 11.7 Å². The van der Waals surface area contributed by atoms with E-state index in [1.807, 2.05) is 60.4 Å². The van der Waals surface area contributed by atoms with Gasteiger partial charge in [-0.25, -0.2) is 4.98 Å². The molecule has 1 aromatic heterocycles. The molecule has 0 saturated carbocycles. The minimum atomic E-state index is 0. The van der Waals surface area contributed by atoms with E-state index in [1.165, 1.54) is 5.56 Å². The van der Waals surface area contributed by atoms with Crippen LogP contribution >= 0.6 is 24.8 Å². The second kappa shape index (κ2) is 10.6. The van der Waals surface area contributed by atoms with Gasteiger partial charge < -0.3 is 15.1 Å². The molecule has 0 spiro atoms. The molecule has 0 unspecified atom stereocenters. The zero-order valence-corrected chi connectivity index (χ0v) is 18.5. The molecule has 2 heterocycles. The third-order valence-corrected chi connectivity index (χ3v) is 5.56. The van der Waals surface area contributed by atoms with E-state index in [2.05, 4.69) is 17.1 Å². The highest BCUT2D eigenvalue weighted by Crippen LogP contribution is 2.32. The number of nitrogens with zero attached hydrogens (tertiary/aromatic N) is 2. The van der Waals surface area contributed by atoms with E-state index in [4.69, 9.17) is 10.2 Å². The van der Waals surface area contributed by atoms with Crippen LogP contribution in [0.4, 0.5) is 0 Å². The molecule has 0 bridgehead atoms. The lowest BCUT2D eigenvalue weighted by Crippen LogP contribution is -2.31. The van der Waals surface area contributed by atoms with Gasteiger partial charge in [0.05, 0.1) is 12.1 Å². The molecule has 7 heteroatoms. The fraction of sp³-hybridized carbons (Fsp3) is 0.304. The van der Waals surface area contributed by atoms with Gasteiger partial charge in [0.15, 0.2) is 0 Å². The van der Waals surface area contributed by atoms with Gasteiger partial charge in [-0.1, -0.05) is 48.5 Å². The number of oxazole rings is 1. The van der Waals surface area contributed by atoms with E-state index in [0.717, 1.165) is 5.56 Å². The summed E-state index contributed by atoms with van der Waals surface area (Å²) in [5, 5.41) is 0.